The molecule has 3 N–H and O–H groups in total. The van der Waals surface area contributed by atoms with E-state index < -0.39 is 36.9 Å². The lowest BCUT2D eigenvalue weighted by Crippen LogP contribution is -2.61. The van der Waals surface area contributed by atoms with Gasteiger partial charge in [0, 0.05) is 19.3 Å². The molecule has 0 aromatic carbocycles. The molecule has 1 aliphatic heterocycles. The normalized spacial score (nSPS) is 20.7. The van der Waals surface area contributed by atoms with Crippen LogP contribution in [0.25, 0.3) is 0 Å². The number of hydrogen-bond acceptors (Lipinski definition) is 6. The molecule has 0 aromatic rings. The largest absolute Gasteiger partial charge is 0.392 e. The third-order valence-electron chi connectivity index (χ3n) is 3.39. The SMILES string of the molecule is CN1CCC(NS(=O)(=O)CCS(C)(=O)=O)(C(N)=S)CC1. The molecule has 10 heteroatoms. The molecule has 1 rings (SSSR count). The zero-order chi connectivity index (χ0) is 15.6. The van der Waals surface area contributed by atoms with Gasteiger partial charge in [-0.05, 0) is 19.9 Å². The number of piperidine rings is 1. The first kappa shape index (κ1) is 17.8. The Morgan fingerprint density at radius 3 is 2.15 bits per heavy atom. The van der Waals surface area contributed by atoms with Crippen LogP contribution in [0.3, 0.4) is 0 Å². The van der Waals surface area contributed by atoms with Gasteiger partial charge in [0.15, 0.2) is 0 Å². The Morgan fingerprint density at radius 1 is 1.25 bits per heavy atom. The van der Waals surface area contributed by atoms with Crippen molar-refractivity contribution in [2.45, 2.75) is 18.4 Å². The second kappa shape index (κ2) is 6.22. The lowest BCUT2D eigenvalue weighted by molar-refractivity contribution is 0.221. The Morgan fingerprint density at radius 2 is 1.75 bits per heavy atom. The van der Waals surface area contributed by atoms with E-state index in [1.54, 1.807) is 0 Å². The molecule has 1 saturated heterocycles. The Labute approximate surface area is 125 Å². The van der Waals surface area contributed by atoms with Crippen molar-refractivity contribution in [2.24, 2.45) is 5.73 Å². The summed E-state index contributed by atoms with van der Waals surface area (Å²) in [5.74, 6) is -0.901. The summed E-state index contributed by atoms with van der Waals surface area (Å²) >= 11 is 5.01. The van der Waals surface area contributed by atoms with E-state index in [0.29, 0.717) is 25.9 Å². The molecule has 0 unspecified atom stereocenters. The zero-order valence-corrected chi connectivity index (χ0v) is 14.1. The van der Waals surface area contributed by atoms with Gasteiger partial charge in [-0.3, -0.25) is 0 Å². The highest BCUT2D eigenvalue weighted by atomic mass is 32.2. The molecular weight excluding hydrogens is 322 g/mol. The van der Waals surface area contributed by atoms with Crippen LogP contribution >= 0.6 is 12.2 Å². The number of thiocarbonyl (C=S) groups is 1. The number of hydrogen-bond donors (Lipinski definition) is 2. The van der Waals surface area contributed by atoms with E-state index in [2.05, 4.69) is 9.62 Å². The van der Waals surface area contributed by atoms with E-state index in [0.717, 1.165) is 6.26 Å². The Balaban J connectivity index is 2.83. The van der Waals surface area contributed by atoms with Crippen LogP contribution in [0.2, 0.25) is 0 Å². The number of nitrogens with one attached hydrogen (secondary N) is 1. The van der Waals surface area contributed by atoms with Crippen molar-refractivity contribution in [3.63, 3.8) is 0 Å². The van der Waals surface area contributed by atoms with Crippen molar-refractivity contribution in [1.29, 1.82) is 0 Å². The average Bonchev–Trinajstić information content (AvgIpc) is 2.29. The van der Waals surface area contributed by atoms with Crippen molar-refractivity contribution in [3.8, 4) is 0 Å². The molecule has 1 heterocycles. The summed E-state index contributed by atoms with van der Waals surface area (Å²) < 4.78 is 48.7. The zero-order valence-electron chi connectivity index (χ0n) is 11.6. The monoisotopic (exact) mass is 343 g/mol. The summed E-state index contributed by atoms with van der Waals surface area (Å²) in [5.41, 5.74) is 4.76. The molecule has 1 fully saturated rings. The van der Waals surface area contributed by atoms with Crippen molar-refractivity contribution in [3.05, 3.63) is 0 Å². The van der Waals surface area contributed by atoms with E-state index in [9.17, 15) is 16.8 Å². The van der Waals surface area contributed by atoms with Crippen LogP contribution in [-0.2, 0) is 19.9 Å². The Kier molecular flexibility index (Phi) is 5.53. The molecule has 0 radical (unpaired) electrons. The smallest absolute Gasteiger partial charge is 0.213 e. The second-order valence-electron chi connectivity index (χ2n) is 5.30. The number of sulfone groups is 1. The van der Waals surface area contributed by atoms with Crippen molar-refractivity contribution < 1.29 is 16.8 Å². The van der Waals surface area contributed by atoms with Gasteiger partial charge >= 0.3 is 0 Å². The summed E-state index contributed by atoms with van der Waals surface area (Å²) in [6.07, 6.45) is 1.97. The first-order chi connectivity index (χ1) is 8.96. The second-order valence-corrected chi connectivity index (χ2v) is 9.84. The van der Waals surface area contributed by atoms with E-state index in [-0.39, 0.29) is 4.99 Å². The lowest BCUT2D eigenvalue weighted by atomic mass is 9.89. The number of nitrogens with zero attached hydrogens (tertiary/aromatic N) is 1. The molecule has 20 heavy (non-hydrogen) atoms. The minimum atomic E-state index is -3.75. The predicted molar refractivity (Wildman–Crippen MR) is 82.9 cm³/mol. The van der Waals surface area contributed by atoms with Crippen LogP contribution < -0.4 is 10.5 Å². The highest BCUT2D eigenvalue weighted by Crippen LogP contribution is 2.23. The maximum absolute atomic E-state index is 12.0. The lowest BCUT2D eigenvalue weighted by Gasteiger charge is -2.40. The summed E-state index contributed by atoms with van der Waals surface area (Å²) in [4.78, 5) is 2.16. The maximum Gasteiger partial charge on any atom is 0.213 e. The predicted octanol–water partition coefficient (Wildman–Crippen LogP) is -1.30. The van der Waals surface area contributed by atoms with E-state index >= 15 is 0 Å². The van der Waals surface area contributed by atoms with Crippen molar-refractivity contribution in [2.75, 3.05) is 37.9 Å². The van der Waals surface area contributed by atoms with Gasteiger partial charge in [0.25, 0.3) is 0 Å². The summed E-state index contributed by atoms with van der Waals surface area (Å²) in [5, 5.41) is 0. The van der Waals surface area contributed by atoms with Gasteiger partial charge in [-0.25, -0.2) is 21.6 Å². The molecule has 0 atom stereocenters. The molecular formula is C10H21N3O4S3. The first-order valence-electron chi connectivity index (χ1n) is 6.14. The minimum Gasteiger partial charge on any atom is -0.392 e. The third-order valence-corrected chi connectivity index (χ3v) is 6.42. The van der Waals surface area contributed by atoms with Gasteiger partial charge in [0.05, 0.1) is 22.0 Å². The van der Waals surface area contributed by atoms with E-state index in [4.69, 9.17) is 18.0 Å². The van der Waals surface area contributed by atoms with Crippen LogP contribution in [0.15, 0.2) is 0 Å². The molecule has 0 spiro atoms. The van der Waals surface area contributed by atoms with Crippen molar-refractivity contribution in [1.82, 2.24) is 9.62 Å². The highest BCUT2D eigenvalue weighted by molar-refractivity contribution is 7.93. The summed E-state index contributed by atoms with van der Waals surface area (Å²) in [6.45, 7) is 1.35. The van der Waals surface area contributed by atoms with Crippen LogP contribution in [0.5, 0.6) is 0 Å². The van der Waals surface area contributed by atoms with Crippen molar-refractivity contribution >= 4 is 37.1 Å². The van der Waals surface area contributed by atoms with Gasteiger partial charge in [-0.15, -0.1) is 0 Å². The quantitative estimate of drug-likeness (QED) is 0.577. The fourth-order valence-corrected chi connectivity index (χ4v) is 5.43. The Bertz CT molecular complexity index is 563. The van der Waals surface area contributed by atoms with Crippen LogP contribution in [0.1, 0.15) is 12.8 Å². The fraction of sp³-hybridized carbons (Fsp3) is 0.900. The topological polar surface area (TPSA) is 110 Å². The molecule has 0 saturated carbocycles. The fourth-order valence-electron chi connectivity index (χ4n) is 2.01. The van der Waals surface area contributed by atoms with Crippen LogP contribution in [0.4, 0.5) is 0 Å². The number of nitrogens with two attached hydrogens (primary N) is 1. The van der Waals surface area contributed by atoms with E-state index in [1.165, 1.54) is 0 Å². The molecule has 0 bridgehead atoms. The number of likely N-dealkylation sites (tertiary alicyclic amines) is 1. The minimum absolute atomic E-state index is 0.105. The molecule has 0 amide bonds. The molecule has 0 aromatic heterocycles. The summed E-state index contributed by atoms with van der Waals surface area (Å²) in [6, 6.07) is 0. The summed E-state index contributed by atoms with van der Waals surface area (Å²) in [7, 11) is -5.16. The highest BCUT2D eigenvalue weighted by Gasteiger charge is 2.40. The number of rotatable bonds is 6. The number of sulfonamides is 1. The van der Waals surface area contributed by atoms with Gasteiger partial charge in [-0.2, -0.15) is 0 Å². The molecule has 118 valence electrons. The van der Waals surface area contributed by atoms with Gasteiger partial charge in [0.1, 0.15) is 9.84 Å². The van der Waals surface area contributed by atoms with Gasteiger partial charge < -0.3 is 10.6 Å². The van der Waals surface area contributed by atoms with Gasteiger partial charge in [-0.1, -0.05) is 12.2 Å². The Hall–Kier alpha value is -0.290. The maximum atomic E-state index is 12.0. The third kappa shape index (κ3) is 5.24. The standard InChI is InChI=1S/C10H21N3O4S3/c1-13-5-3-10(4-6-13,9(11)18)12-20(16,17)8-7-19(2,14)15/h12H,3-8H2,1-2H3,(H2,11,18). The van der Waals surface area contributed by atoms with Crippen LogP contribution in [-0.4, -0.2) is 70.2 Å². The average molecular weight is 343 g/mol. The first-order valence-corrected chi connectivity index (χ1v) is 10.3. The molecule has 0 aliphatic carbocycles. The molecule has 1 aliphatic rings. The van der Waals surface area contributed by atoms with Crippen LogP contribution in [0, 0.1) is 0 Å². The van der Waals surface area contributed by atoms with Gasteiger partial charge in [0.2, 0.25) is 10.0 Å². The van der Waals surface area contributed by atoms with E-state index in [1.807, 2.05) is 7.05 Å². The molecule has 7 nitrogen and oxygen atoms in total.